The maximum Gasteiger partial charge on any atom is 0.179 e. The molecule has 0 aliphatic heterocycles. The summed E-state index contributed by atoms with van der Waals surface area (Å²) in [5.74, 6) is 0.876. The highest BCUT2D eigenvalue weighted by Gasteiger charge is 2.26. The van der Waals surface area contributed by atoms with Crippen LogP contribution in [0.3, 0.4) is 0 Å². The molecule has 0 atom stereocenters. The van der Waals surface area contributed by atoms with E-state index < -0.39 is 0 Å². The quantitative estimate of drug-likeness (QED) is 0.413. The van der Waals surface area contributed by atoms with E-state index in [9.17, 15) is 0 Å². The Balaban J connectivity index is 1.48. The summed E-state index contributed by atoms with van der Waals surface area (Å²) in [7, 11) is 0. The van der Waals surface area contributed by atoms with Crippen molar-refractivity contribution in [2.24, 2.45) is 0 Å². The number of fused-ring (bicyclic) bond motifs is 1. The van der Waals surface area contributed by atoms with Gasteiger partial charge in [0.05, 0.1) is 6.20 Å². The van der Waals surface area contributed by atoms with Crippen molar-refractivity contribution in [3.8, 4) is 5.75 Å². The van der Waals surface area contributed by atoms with Crippen LogP contribution in [0.2, 0.25) is 0 Å². The third kappa shape index (κ3) is 3.88. The monoisotopic (exact) mass is 398 g/mol. The van der Waals surface area contributed by atoms with Crippen LogP contribution < -0.4 is 9.64 Å². The summed E-state index contributed by atoms with van der Waals surface area (Å²) < 4.78 is 7.96. The lowest BCUT2D eigenvalue weighted by Gasteiger charge is -2.35. The molecule has 1 aliphatic rings. The molecule has 30 heavy (non-hydrogen) atoms. The lowest BCUT2D eigenvalue weighted by molar-refractivity contribution is 0.306. The Hall–Kier alpha value is -3.34. The average molecular weight is 399 g/mol. The number of rotatable bonds is 6. The molecule has 0 saturated heterocycles. The maximum atomic E-state index is 6.11. The Labute approximate surface area is 176 Å². The van der Waals surface area contributed by atoms with E-state index in [1.54, 1.807) is 0 Å². The van der Waals surface area contributed by atoms with Crippen molar-refractivity contribution < 1.29 is 4.74 Å². The predicted molar refractivity (Wildman–Crippen MR) is 119 cm³/mol. The highest BCUT2D eigenvalue weighted by Crippen LogP contribution is 2.37. The number of aromatic nitrogens is 3. The number of hydrogen-bond donors (Lipinski definition) is 0. The molecule has 1 saturated carbocycles. The molecule has 0 bridgehead atoms. The summed E-state index contributed by atoms with van der Waals surface area (Å²) in [5, 5.41) is 4.54. The van der Waals surface area contributed by atoms with E-state index in [0.717, 1.165) is 22.8 Å². The highest BCUT2D eigenvalue weighted by molar-refractivity contribution is 5.76. The van der Waals surface area contributed by atoms with Gasteiger partial charge in [-0.15, -0.1) is 0 Å². The molecule has 0 spiro atoms. The van der Waals surface area contributed by atoms with Gasteiger partial charge in [0.25, 0.3) is 0 Å². The maximum absolute atomic E-state index is 6.11. The van der Waals surface area contributed by atoms with E-state index in [4.69, 9.17) is 4.74 Å². The van der Waals surface area contributed by atoms with E-state index in [2.05, 4.69) is 45.3 Å². The first kappa shape index (κ1) is 18.7. The second kappa shape index (κ2) is 8.57. The van der Waals surface area contributed by atoms with Gasteiger partial charge in [-0.25, -0.2) is 9.50 Å². The van der Waals surface area contributed by atoms with E-state index >= 15 is 0 Å². The normalized spacial score (nSPS) is 14.7. The molecule has 2 heterocycles. The van der Waals surface area contributed by atoms with Crippen LogP contribution in [-0.4, -0.2) is 20.6 Å². The van der Waals surface area contributed by atoms with Crippen LogP contribution in [0, 0.1) is 0 Å². The Morgan fingerprint density at radius 2 is 1.83 bits per heavy atom. The molecule has 152 valence electrons. The van der Waals surface area contributed by atoms with Crippen molar-refractivity contribution in [3.63, 3.8) is 0 Å². The number of nitrogens with zero attached hydrogens (tertiary/aromatic N) is 4. The van der Waals surface area contributed by atoms with Crippen molar-refractivity contribution in [2.75, 3.05) is 4.90 Å². The van der Waals surface area contributed by atoms with Gasteiger partial charge in [0.1, 0.15) is 18.0 Å². The minimum absolute atomic E-state index is 0.443. The molecule has 0 unspecified atom stereocenters. The van der Waals surface area contributed by atoms with E-state index in [0.29, 0.717) is 12.6 Å². The summed E-state index contributed by atoms with van der Waals surface area (Å²) in [5.41, 5.74) is 4.24. The van der Waals surface area contributed by atoms with Gasteiger partial charge in [0.2, 0.25) is 0 Å². The molecule has 0 amide bonds. The van der Waals surface area contributed by atoms with Crippen molar-refractivity contribution in [1.82, 2.24) is 14.6 Å². The van der Waals surface area contributed by atoms with Gasteiger partial charge in [-0.05, 0) is 36.6 Å². The second-order valence-electron chi connectivity index (χ2n) is 7.85. The lowest BCUT2D eigenvalue weighted by Crippen LogP contribution is -2.33. The Morgan fingerprint density at radius 3 is 2.70 bits per heavy atom. The minimum Gasteiger partial charge on any atom is -0.489 e. The molecule has 5 rings (SSSR count). The molecule has 5 nitrogen and oxygen atoms in total. The Bertz CT molecular complexity index is 1100. The number of anilines is 2. The molecule has 2 aromatic carbocycles. The molecule has 4 aromatic rings. The molecule has 0 radical (unpaired) electrons. The number of ether oxygens (including phenoxy) is 1. The molecule has 1 aliphatic carbocycles. The molecule has 0 N–H and O–H groups in total. The topological polar surface area (TPSA) is 42.7 Å². The second-order valence-corrected chi connectivity index (χ2v) is 7.85. The standard InChI is InChI=1S/C25H26N4O/c1-3-9-20(10-4-1)19-30-23-14-7-13-22(17-23)29(21-11-5-2-6-12-21)24-18-27-28-16-8-15-26-25(24)28/h1,3-4,7-10,13-18,21H,2,5-6,11-12,19H2. The number of benzene rings is 2. The minimum atomic E-state index is 0.443. The first-order chi connectivity index (χ1) is 14.9. The lowest BCUT2D eigenvalue weighted by atomic mass is 9.93. The van der Waals surface area contributed by atoms with E-state index in [1.807, 2.05) is 53.4 Å². The highest BCUT2D eigenvalue weighted by atomic mass is 16.5. The largest absolute Gasteiger partial charge is 0.489 e. The smallest absolute Gasteiger partial charge is 0.179 e. The van der Waals surface area contributed by atoms with Gasteiger partial charge in [0.15, 0.2) is 5.65 Å². The zero-order chi connectivity index (χ0) is 20.2. The van der Waals surface area contributed by atoms with Gasteiger partial charge >= 0.3 is 0 Å². The van der Waals surface area contributed by atoms with Crippen LogP contribution >= 0.6 is 0 Å². The molecule has 1 fully saturated rings. The fourth-order valence-electron chi connectivity index (χ4n) is 4.33. The van der Waals surface area contributed by atoms with E-state index in [-0.39, 0.29) is 0 Å². The zero-order valence-corrected chi connectivity index (χ0v) is 17.0. The number of hydrogen-bond acceptors (Lipinski definition) is 4. The third-order valence-electron chi connectivity index (χ3n) is 5.80. The van der Waals surface area contributed by atoms with Gasteiger partial charge in [-0.1, -0.05) is 55.7 Å². The van der Waals surface area contributed by atoms with Crippen LogP contribution in [0.1, 0.15) is 37.7 Å². The molecule has 2 aromatic heterocycles. The molecular formula is C25H26N4O. The zero-order valence-electron chi connectivity index (χ0n) is 17.0. The molecule has 5 heteroatoms. The fraction of sp³-hybridized carbons (Fsp3) is 0.280. The van der Waals surface area contributed by atoms with Gasteiger partial charge in [-0.2, -0.15) is 5.10 Å². The predicted octanol–water partition coefficient (Wildman–Crippen LogP) is 5.78. The van der Waals surface area contributed by atoms with Crippen molar-refractivity contribution in [3.05, 3.63) is 84.8 Å². The van der Waals surface area contributed by atoms with Crippen LogP contribution in [-0.2, 0) is 6.61 Å². The van der Waals surface area contributed by atoms with Gasteiger partial charge in [-0.3, -0.25) is 0 Å². The van der Waals surface area contributed by atoms with Crippen LogP contribution in [0.5, 0.6) is 5.75 Å². The van der Waals surface area contributed by atoms with Crippen LogP contribution in [0.4, 0.5) is 11.4 Å². The summed E-state index contributed by atoms with van der Waals surface area (Å²) in [6.45, 7) is 0.562. The average Bonchev–Trinajstić information content (AvgIpc) is 3.24. The summed E-state index contributed by atoms with van der Waals surface area (Å²) in [4.78, 5) is 7.03. The van der Waals surface area contributed by atoms with Crippen molar-refractivity contribution >= 4 is 17.0 Å². The fourth-order valence-corrected chi connectivity index (χ4v) is 4.33. The Kier molecular flexibility index (Phi) is 5.34. The molecular weight excluding hydrogens is 372 g/mol. The van der Waals surface area contributed by atoms with Crippen molar-refractivity contribution in [2.45, 2.75) is 44.8 Å². The Morgan fingerprint density at radius 1 is 0.967 bits per heavy atom. The van der Waals surface area contributed by atoms with Gasteiger partial charge in [0, 0.05) is 30.2 Å². The van der Waals surface area contributed by atoms with Gasteiger partial charge < -0.3 is 9.64 Å². The van der Waals surface area contributed by atoms with Crippen LogP contribution in [0.25, 0.3) is 5.65 Å². The third-order valence-corrected chi connectivity index (χ3v) is 5.80. The van der Waals surface area contributed by atoms with E-state index in [1.165, 1.54) is 37.7 Å². The first-order valence-electron chi connectivity index (χ1n) is 10.7. The van der Waals surface area contributed by atoms with Crippen molar-refractivity contribution in [1.29, 1.82) is 0 Å². The summed E-state index contributed by atoms with van der Waals surface area (Å²) in [6, 6.07) is 21.0. The summed E-state index contributed by atoms with van der Waals surface area (Å²) in [6.07, 6.45) is 11.9. The SMILES string of the molecule is c1ccc(COc2cccc(N(c3cnn4cccnc34)C3CCCCC3)c2)cc1. The summed E-state index contributed by atoms with van der Waals surface area (Å²) >= 11 is 0. The first-order valence-corrected chi connectivity index (χ1v) is 10.7. The van der Waals surface area contributed by atoms with Crippen LogP contribution in [0.15, 0.2) is 79.3 Å².